The molecule has 1 saturated heterocycles. The van der Waals surface area contributed by atoms with E-state index in [1.807, 2.05) is 32.0 Å². The second-order valence-corrected chi connectivity index (χ2v) is 9.79. The van der Waals surface area contributed by atoms with E-state index < -0.39 is 12.1 Å². The Morgan fingerprint density at radius 2 is 1.73 bits per heavy atom. The van der Waals surface area contributed by atoms with Gasteiger partial charge in [-0.1, -0.05) is 66.2 Å². The molecule has 2 atom stereocenters. The van der Waals surface area contributed by atoms with Crippen LogP contribution in [-0.4, -0.2) is 55.3 Å². The van der Waals surface area contributed by atoms with Crippen LogP contribution in [0, 0.1) is 11.3 Å². The van der Waals surface area contributed by atoms with Crippen molar-refractivity contribution in [1.29, 1.82) is 5.26 Å². The quantitative estimate of drug-likeness (QED) is 0.413. The number of rotatable bonds is 9. The molecule has 1 fully saturated rings. The van der Waals surface area contributed by atoms with E-state index in [-0.39, 0.29) is 12.0 Å². The minimum absolute atomic E-state index is 0.0280. The standard InChI is InChI=1S/C30H32ClN3O3/c1-21(2)37-29-13-12-25(19-26(29)31)30(35)33-27(28(20-32)34-14-16-36-17-15-34)18-22-8-10-24(11-9-22)23-6-4-3-5-7-23/h3-13,19,21,27-28H,14-18H2,1-2H3,(H,33,35)/t27-,28?/m0/s1. The molecule has 0 radical (unpaired) electrons. The van der Waals surface area contributed by atoms with Gasteiger partial charge in [0.25, 0.3) is 5.91 Å². The van der Waals surface area contributed by atoms with Gasteiger partial charge in [0.2, 0.25) is 0 Å². The van der Waals surface area contributed by atoms with E-state index in [2.05, 4.69) is 52.7 Å². The van der Waals surface area contributed by atoms with Gasteiger partial charge in [-0.2, -0.15) is 5.26 Å². The van der Waals surface area contributed by atoms with Crippen LogP contribution in [0.5, 0.6) is 5.75 Å². The number of hydrogen-bond donors (Lipinski definition) is 1. The predicted octanol–water partition coefficient (Wildman–Crippen LogP) is 5.36. The molecule has 1 unspecified atom stereocenters. The maximum Gasteiger partial charge on any atom is 0.251 e. The van der Waals surface area contributed by atoms with Gasteiger partial charge >= 0.3 is 0 Å². The first-order chi connectivity index (χ1) is 17.9. The van der Waals surface area contributed by atoms with Crippen LogP contribution in [0.15, 0.2) is 72.8 Å². The maximum atomic E-state index is 13.3. The van der Waals surface area contributed by atoms with E-state index in [4.69, 9.17) is 21.1 Å². The van der Waals surface area contributed by atoms with Crippen LogP contribution in [0.1, 0.15) is 29.8 Å². The highest BCUT2D eigenvalue weighted by Gasteiger charge is 2.30. The highest BCUT2D eigenvalue weighted by Crippen LogP contribution is 2.27. The Hall–Kier alpha value is -3.37. The summed E-state index contributed by atoms with van der Waals surface area (Å²) in [6, 6.07) is 25.0. The summed E-state index contributed by atoms with van der Waals surface area (Å²) in [4.78, 5) is 15.4. The molecule has 37 heavy (non-hydrogen) atoms. The smallest absolute Gasteiger partial charge is 0.251 e. The fourth-order valence-electron chi connectivity index (χ4n) is 4.48. The summed E-state index contributed by atoms with van der Waals surface area (Å²) < 4.78 is 11.2. The summed E-state index contributed by atoms with van der Waals surface area (Å²) in [5, 5.41) is 13.6. The Bertz CT molecular complexity index is 1220. The zero-order valence-corrected chi connectivity index (χ0v) is 21.9. The lowest BCUT2D eigenvalue weighted by Crippen LogP contribution is -2.55. The Balaban J connectivity index is 1.55. The third-order valence-corrected chi connectivity index (χ3v) is 6.64. The Kier molecular flexibility index (Phi) is 9.19. The molecule has 1 N–H and O–H groups in total. The van der Waals surface area contributed by atoms with Crippen LogP contribution < -0.4 is 10.1 Å². The van der Waals surface area contributed by atoms with Gasteiger partial charge in [-0.3, -0.25) is 9.69 Å². The highest BCUT2D eigenvalue weighted by molar-refractivity contribution is 6.32. The van der Waals surface area contributed by atoms with E-state index in [1.54, 1.807) is 18.2 Å². The van der Waals surface area contributed by atoms with E-state index in [1.165, 1.54) is 0 Å². The first-order valence-electron chi connectivity index (χ1n) is 12.6. The molecule has 3 aromatic carbocycles. The van der Waals surface area contributed by atoms with Crippen molar-refractivity contribution < 1.29 is 14.3 Å². The minimum atomic E-state index is -0.499. The van der Waals surface area contributed by atoms with Crippen LogP contribution in [0.2, 0.25) is 5.02 Å². The van der Waals surface area contributed by atoms with Gasteiger partial charge in [-0.25, -0.2) is 0 Å². The van der Waals surface area contributed by atoms with Gasteiger partial charge in [0.15, 0.2) is 0 Å². The first-order valence-corrected chi connectivity index (χ1v) is 12.9. The van der Waals surface area contributed by atoms with Gasteiger partial charge in [-0.15, -0.1) is 0 Å². The Morgan fingerprint density at radius 1 is 1.05 bits per heavy atom. The predicted molar refractivity (Wildman–Crippen MR) is 146 cm³/mol. The van der Waals surface area contributed by atoms with Crippen molar-refractivity contribution in [3.05, 3.63) is 88.9 Å². The monoisotopic (exact) mass is 517 g/mol. The number of amides is 1. The molecule has 1 aliphatic rings. The summed E-state index contributed by atoms with van der Waals surface area (Å²) >= 11 is 6.38. The summed E-state index contributed by atoms with van der Waals surface area (Å²) in [6.45, 7) is 6.26. The lowest BCUT2D eigenvalue weighted by atomic mass is 9.96. The number of halogens is 1. The number of nitrogens with one attached hydrogen (secondary N) is 1. The summed E-state index contributed by atoms with van der Waals surface area (Å²) in [5.74, 6) is 0.254. The minimum Gasteiger partial charge on any atom is -0.489 e. The topological polar surface area (TPSA) is 74.6 Å². The van der Waals surface area contributed by atoms with Crippen molar-refractivity contribution in [2.45, 2.75) is 38.5 Å². The van der Waals surface area contributed by atoms with Crippen LogP contribution in [-0.2, 0) is 11.2 Å². The van der Waals surface area contributed by atoms with E-state index in [0.29, 0.717) is 49.1 Å². The van der Waals surface area contributed by atoms with Gasteiger partial charge in [-0.05, 0) is 55.2 Å². The lowest BCUT2D eigenvalue weighted by molar-refractivity contribution is 0.0201. The number of nitriles is 1. The molecule has 0 bridgehead atoms. The van der Waals surface area contributed by atoms with Crippen molar-refractivity contribution >= 4 is 17.5 Å². The molecule has 1 heterocycles. The van der Waals surface area contributed by atoms with Gasteiger partial charge in [0.1, 0.15) is 11.8 Å². The normalized spacial score (nSPS) is 15.5. The molecule has 0 saturated carbocycles. The van der Waals surface area contributed by atoms with Crippen molar-refractivity contribution in [2.75, 3.05) is 26.3 Å². The zero-order valence-electron chi connectivity index (χ0n) is 21.2. The number of carbonyl (C=O) groups excluding carboxylic acids is 1. The summed E-state index contributed by atoms with van der Waals surface area (Å²) in [6.07, 6.45) is 0.485. The molecule has 4 rings (SSSR count). The van der Waals surface area contributed by atoms with Crippen LogP contribution in [0.25, 0.3) is 11.1 Å². The molecule has 6 nitrogen and oxygen atoms in total. The number of morpholine rings is 1. The van der Waals surface area contributed by atoms with Gasteiger partial charge < -0.3 is 14.8 Å². The zero-order chi connectivity index (χ0) is 26.2. The molecular formula is C30H32ClN3O3. The molecule has 192 valence electrons. The van der Waals surface area contributed by atoms with E-state index in [0.717, 1.165) is 16.7 Å². The molecule has 0 spiro atoms. The molecule has 1 amide bonds. The van der Waals surface area contributed by atoms with Gasteiger partial charge in [0.05, 0.1) is 36.5 Å². The third kappa shape index (κ3) is 7.11. The molecule has 1 aliphatic heterocycles. The first kappa shape index (κ1) is 26.7. The summed E-state index contributed by atoms with van der Waals surface area (Å²) in [5.41, 5.74) is 3.72. The fraction of sp³-hybridized carbons (Fsp3) is 0.333. The largest absolute Gasteiger partial charge is 0.489 e. The molecule has 3 aromatic rings. The number of carbonyl (C=O) groups is 1. The molecule has 0 aliphatic carbocycles. The number of hydrogen-bond acceptors (Lipinski definition) is 5. The SMILES string of the molecule is CC(C)Oc1ccc(C(=O)N[C@@H](Cc2ccc(-c3ccccc3)cc2)C(C#N)N2CCOCC2)cc1Cl. The lowest BCUT2D eigenvalue weighted by Gasteiger charge is -2.35. The van der Waals surface area contributed by atoms with Crippen LogP contribution in [0.3, 0.4) is 0 Å². The summed E-state index contributed by atoms with van der Waals surface area (Å²) in [7, 11) is 0. The maximum absolute atomic E-state index is 13.3. The van der Waals surface area contributed by atoms with Crippen molar-refractivity contribution in [2.24, 2.45) is 0 Å². The highest BCUT2D eigenvalue weighted by atomic mass is 35.5. The third-order valence-electron chi connectivity index (χ3n) is 6.34. The average Bonchev–Trinajstić information content (AvgIpc) is 2.91. The Morgan fingerprint density at radius 3 is 2.35 bits per heavy atom. The van der Waals surface area contributed by atoms with Gasteiger partial charge in [0, 0.05) is 18.7 Å². The van der Waals surface area contributed by atoms with E-state index >= 15 is 0 Å². The number of ether oxygens (including phenoxy) is 2. The Labute approximate surface area is 223 Å². The van der Waals surface area contributed by atoms with Crippen molar-refractivity contribution in [1.82, 2.24) is 10.2 Å². The van der Waals surface area contributed by atoms with Crippen LogP contribution in [0.4, 0.5) is 0 Å². The van der Waals surface area contributed by atoms with E-state index in [9.17, 15) is 10.1 Å². The van der Waals surface area contributed by atoms with Crippen molar-refractivity contribution in [3.63, 3.8) is 0 Å². The number of nitrogens with zero attached hydrogens (tertiary/aromatic N) is 2. The number of benzene rings is 3. The van der Waals surface area contributed by atoms with Crippen molar-refractivity contribution in [3.8, 4) is 22.9 Å². The second-order valence-electron chi connectivity index (χ2n) is 9.38. The molecule has 0 aromatic heterocycles. The second kappa shape index (κ2) is 12.7. The fourth-order valence-corrected chi connectivity index (χ4v) is 4.71. The average molecular weight is 518 g/mol. The molecule has 7 heteroatoms. The molecular weight excluding hydrogens is 486 g/mol. The van der Waals surface area contributed by atoms with Crippen LogP contribution >= 0.6 is 11.6 Å².